The molecule has 2 heterocycles. The fourth-order valence-electron chi connectivity index (χ4n) is 2.62. The maximum Gasteiger partial charge on any atom is 0.270 e. The molecule has 0 unspecified atom stereocenters. The highest BCUT2D eigenvalue weighted by molar-refractivity contribution is 6.30. The van der Waals surface area contributed by atoms with Gasteiger partial charge in [-0.15, -0.1) is 0 Å². The predicted octanol–water partition coefficient (Wildman–Crippen LogP) is 1.93. The van der Waals surface area contributed by atoms with Crippen molar-refractivity contribution in [3.05, 3.63) is 56.5 Å². The SMILES string of the molecule is Cn1[nH]c2c(c1=O)CN(Cc1cccc(Cl)c1)CC2. The first-order valence-electron chi connectivity index (χ1n) is 6.37. The Morgan fingerprint density at radius 3 is 3.05 bits per heavy atom. The highest BCUT2D eigenvalue weighted by Gasteiger charge is 2.21. The molecular weight excluding hydrogens is 262 g/mol. The Balaban J connectivity index is 1.79. The molecule has 1 aliphatic rings. The van der Waals surface area contributed by atoms with Crippen molar-refractivity contribution < 1.29 is 0 Å². The zero-order valence-corrected chi connectivity index (χ0v) is 11.6. The van der Waals surface area contributed by atoms with Gasteiger partial charge in [0.05, 0.1) is 5.56 Å². The second-order valence-corrected chi connectivity index (χ2v) is 5.46. The molecule has 0 amide bonds. The quantitative estimate of drug-likeness (QED) is 0.911. The summed E-state index contributed by atoms with van der Waals surface area (Å²) in [6, 6.07) is 7.88. The molecule has 4 nitrogen and oxygen atoms in total. The van der Waals surface area contributed by atoms with Crippen molar-refractivity contribution in [3.63, 3.8) is 0 Å². The number of H-pyrrole nitrogens is 1. The van der Waals surface area contributed by atoms with Gasteiger partial charge in [0.2, 0.25) is 0 Å². The third-order valence-corrected chi connectivity index (χ3v) is 3.82. The first-order chi connectivity index (χ1) is 9.13. The number of hydrogen-bond donors (Lipinski definition) is 1. The summed E-state index contributed by atoms with van der Waals surface area (Å²) in [7, 11) is 1.77. The van der Waals surface area contributed by atoms with Crippen molar-refractivity contribution in [1.29, 1.82) is 0 Å². The summed E-state index contributed by atoms with van der Waals surface area (Å²) in [5.74, 6) is 0. The van der Waals surface area contributed by atoms with Gasteiger partial charge >= 0.3 is 0 Å². The Labute approximate surface area is 116 Å². The van der Waals surface area contributed by atoms with Crippen LogP contribution in [0.5, 0.6) is 0 Å². The molecule has 0 atom stereocenters. The number of hydrogen-bond acceptors (Lipinski definition) is 2. The Morgan fingerprint density at radius 2 is 2.26 bits per heavy atom. The lowest BCUT2D eigenvalue weighted by molar-refractivity contribution is 0.244. The molecule has 0 saturated carbocycles. The van der Waals surface area contributed by atoms with E-state index in [9.17, 15) is 4.79 Å². The predicted molar refractivity (Wildman–Crippen MR) is 75.3 cm³/mol. The molecular formula is C14H16ClN3O. The molecule has 0 fully saturated rings. The largest absolute Gasteiger partial charge is 0.300 e. The lowest BCUT2D eigenvalue weighted by atomic mass is 10.1. The summed E-state index contributed by atoms with van der Waals surface area (Å²) >= 11 is 6.00. The van der Waals surface area contributed by atoms with Crippen LogP contribution in [-0.2, 0) is 26.6 Å². The molecule has 19 heavy (non-hydrogen) atoms. The third-order valence-electron chi connectivity index (χ3n) is 3.58. The van der Waals surface area contributed by atoms with Gasteiger partial charge in [-0.25, -0.2) is 0 Å². The van der Waals surface area contributed by atoms with Crippen LogP contribution in [-0.4, -0.2) is 21.2 Å². The lowest BCUT2D eigenvalue weighted by Gasteiger charge is -2.25. The third kappa shape index (κ3) is 2.46. The highest BCUT2D eigenvalue weighted by Crippen LogP contribution is 2.18. The average molecular weight is 278 g/mol. The standard InChI is InChI=1S/C14H16ClN3O/c1-17-14(19)12-9-18(6-5-13(12)16-17)8-10-3-2-4-11(15)7-10/h2-4,7,16H,5-6,8-9H2,1H3. The summed E-state index contributed by atoms with van der Waals surface area (Å²) in [5, 5.41) is 3.87. The Kier molecular flexibility index (Phi) is 3.21. The molecule has 0 spiro atoms. The highest BCUT2D eigenvalue weighted by atomic mass is 35.5. The van der Waals surface area contributed by atoms with E-state index < -0.39 is 0 Å². The molecule has 0 bridgehead atoms. The molecule has 1 aliphatic heterocycles. The van der Waals surface area contributed by atoms with Gasteiger partial charge in [0.15, 0.2) is 0 Å². The molecule has 1 N–H and O–H groups in total. The number of benzene rings is 1. The number of rotatable bonds is 2. The minimum atomic E-state index is 0.0887. The van der Waals surface area contributed by atoms with Crippen LogP contribution in [0.15, 0.2) is 29.1 Å². The first-order valence-corrected chi connectivity index (χ1v) is 6.75. The molecule has 0 aliphatic carbocycles. The minimum absolute atomic E-state index is 0.0887. The maximum atomic E-state index is 11.9. The Bertz CT molecular complexity index is 659. The number of nitrogens with zero attached hydrogens (tertiary/aromatic N) is 2. The second-order valence-electron chi connectivity index (χ2n) is 5.02. The van der Waals surface area contributed by atoms with E-state index in [1.165, 1.54) is 5.56 Å². The van der Waals surface area contributed by atoms with E-state index >= 15 is 0 Å². The van der Waals surface area contributed by atoms with Crippen molar-refractivity contribution >= 4 is 11.6 Å². The number of fused-ring (bicyclic) bond motifs is 1. The number of aromatic nitrogens is 2. The lowest BCUT2D eigenvalue weighted by Crippen LogP contribution is -2.32. The fraction of sp³-hybridized carbons (Fsp3) is 0.357. The normalized spacial score (nSPS) is 15.5. The van der Waals surface area contributed by atoms with Crippen LogP contribution in [0.4, 0.5) is 0 Å². The van der Waals surface area contributed by atoms with E-state index in [0.29, 0.717) is 6.54 Å². The number of aromatic amines is 1. The number of halogens is 1. The van der Waals surface area contributed by atoms with Crippen molar-refractivity contribution in [2.45, 2.75) is 19.5 Å². The van der Waals surface area contributed by atoms with E-state index in [1.54, 1.807) is 11.7 Å². The molecule has 100 valence electrons. The van der Waals surface area contributed by atoms with Crippen LogP contribution < -0.4 is 5.56 Å². The molecule has 1 aromatic heterocycles. The van der Waals surface area contributed by atoms with Crippen LogP contribution in [0.1, 0.15) is 16.8 Å². The number of nitrogens with one attached hydrogen (secondary N) is 1. The van der Waals surface area contributed by atoms with Crippen LogP contribution in [0.25, 0.3) is 0 Å². The molecule has 5 heteroatoms. The summed E-state index contributed by atoms with van der Waals surface area (Å²) in [4.78, 5) is 14.2. The Hall–Kier alpha value is -1.52. The smallest absolute Gasteiger partial charge is 0.270 e. The van der Waals surface area contributed by atoms with E-state index in [-0.39, 0.29) is 5.56 Å². The maximum absolute atomic E-state index is 11.9. The van der Waals surface area contributed by atoms with Gasteiger partial charge in [-0.2, -0.15) is 0 Å². The van der Waals surface area contributed by atoms with Gasteiger partial charge in [0, 0.05) is 43.8 Å². The van der Waals surface area contributed by atoms with Crippen molar-refractivity contribution in [1.82, 2.24) is 14.7 Å². The van der Waals surface area contributed by atoms with Crippen LogP contribution in [0.3, 0.4) is 0 Å². The topological polar surface area (TPSA) is 41.0 Å². The Morgan fingerprint density at radius 1 is 1.42 bits per heavy atom. The minimum Gasteiger partial charge on any atom is -0.300 e. The van der Waals surface area contributed by atoms with Gasteiger partial charge in [0.1, 0.15) is 0 Å². The zero-order valence-electron chi connectivity index (χ0n) is 10.8. The van der Waals surface area contributed by atoms with E-state index in [1.807, 2.05) is 18.2 Å². The summed E-state index contributed by atoms with van der Waals surface area (Å²) in [5.41, 5.74) is 3.25. The number of aryl methyl sites for hydroxylation is 1. The molecule has 0 radical (unpaired) electrons. The van der Waals surface area contributed by atoms with Gasteiger partial charge in [-0.3, -0.25) is 19.5 Å². The van der Waals surface area contributed by atoms with Crippen molar-refractivity contribution in [2.75, 3.05) is 6.54 Å². The second kappa shape index (κ2) is 4.87. The summed E-state index contributed by atoms with van der Waals surface area (Å²) in [6.45, 7) is 2.49. The fourth-order valence-corrected chi connectivity index (χ4v) is 2.84. The summed E-state index contributed by atoms with van der Waals surface area (Å²) < 4.78 is 1.56. The van der Waals surface area contributed by atoms with Crippen LogP contribution in [0.2, 0.25) is 5.02 Å². The molecule has 3 rings (SSSR count). The van der Waals surface area contributed by atoms with Gasteiger partial charge in [-0.05, 0) is 17.7 Å². The van der Waals surface area contributed by atoms with Crippen molar-refractivity contribution in [3.8, 4) is 0 Å². The van der Waals surface area contributed by atoms with E-state index in [2.05, 4.69) is 16.1 Å². The molecule has 1 aromatic carbocycles. The van der Waals surface area contributed by atoms with Gasteiger partial charge < -0.3 is 0 Å². The summed E-state index contributed by atoms with van der Waals surface area (Å²) in [6.07, 6.45) is 0.895. The van der Waals surface area contributed by atoms with Gasteiger partial charge in [0.25, 0.3) is 5.56 Å². The first kappa shape index (κ1) is 12.5. The average Bonchev–Trinajstić information content (AvgIpc) is 2.66. The monoisotopic (exact) mass is 277 g/mol. The molecule has 0 saturated heterocycles. The van der Waals surface area contributed by atoms with Crippen LogP contribution in [0, 0.1) is 0 Å². The van der Waals surface area contributed by atoms with Crippen molar-refractivity contribution in [2.24, 2.45) is 7.05 Å². The van der Waals surface area contributed by atoms with E-state index in [4.69, 9.17) is 11.6 Å². The van der Waals surface area contributed by atoms with Gasteiger partial charge in [-0.1, -0.05) is 23.7 Å². The van der Waals surface area contributed by atoms with Crippen LogP contribution >= 0.6 is 11.6 Å². The van der Waals surface area contributed by atoms with E-state index in [0.717, 1.165) is 35.8 Å². The molecule has 2 aromatic rings. The zero-order chi connectivity index (χ0) is 13.4.